The lowest BCUT2D eigenvalue weighted by Crippen LogP contribution is -2.40. The van der Waals surface area contributed by atoms with Crippen molar-refractivity contribution in [1.82, 2.24) is 0 Å². The number of amides is 2. The fourth-order valence-corrected chi connectivity index (χ4v) is 4.01. The van der Waals surface area contributed by atoms with Gasteiger partial charge < -0.3 is 5.11 Å². The first-order chi connectivity index (χ1) is 12.6. The number of hydrogen-bond donors (Lipinski definition) is 1. The SMILES string of the molecule is O=C(O)c1ccc(N2C(=O)c3ccc4c5c(ccc(c35)C2=O)CC4)cc1. The smallest absolute Gasteiger partial charge is 0.335 e. The van der Waals surface area contributed by atoms with Crippen molar-refractivity contribution in [3.8, 4) is 0 Å². The predicted octanol–water partition coefficient (Wildman–Crippen LogP) is 3.44. The molecule has 0 aromatic heterocycles. The monoisotopic (exact) mass is 343 g/mol. The van der Waals surface area contributed by atoms with E-state index in [1.54, 1.807) is 12.1 Å². The molecule has 3 aromatic carbocycles. The molecule has 3 aromatic rings. The molecule has 0 spiro atoms. The molecule has 5 rings (SSSR count). The van der Waals surface area contributed by atoms with Crippen LogP contribution in [0.4, 0.5) is 5.69 Å². The Morgan fingerprint density at radius 2 is 1.31 bits per heavy atom. The number of carbonyl (C=O) groups excluding carboxylic acids is 2. The zero-order chi connectivity index (χ0) is 18.0. The van der Waals surface area contributed by atoms with Crippen molar-refractivity contribution in [2.24, 2.45) is 0 Å². The van der Waals surface area contributed by atoms with Crippen molar-refractivity contribution < 1.29 is 19.5 Å². The van der Waals surface area contributed by atoms with Crippen molar-refractivity contribution in [3.05, 3.63) is 76.3 Å². The van der Waals surface area contributed by atoms with E-state index in [1.807, 2.05) is 12.1 Å². The summed E-state index contributed by atoms with van der Waals surface area (Å²) in [5.41, 5.74) is 3.87. The van der Waals surface area contributed by atoms with E-state index in [4.69, 9.17) is 5.11 Å². The van der Waals surface area contributed by atoms with Gasteiger partial charge in [-0.05, 0) is 65.8 Å². The Labute approximate surface area is 148 Å². The lowest BCUT2D eigenvalue weighted by molar-refractivity contribution is 0.0696. The van der Waals surface area contributed by atoms with E-state index in [0.717, 1.165) is 28.5 Å². The molecule has 1 aliphatic carbocycles. The van der Waals surface area contributed by atoms with Crippen LogP contribution in [-0.4, -0.2) is 22.9 Å². The first-order valence-electron chi connectivity index (χ1n) is 8.36. The van der Waals surface area contributed by atoms with E-state index in [1.165, 1.54) is 35.4 Å². The topological polar surface area (TPSA) is 74.7 Å². The number of hydrogen-bond acceptors (Lipinski definition) is 3. The zero-order valence-corrected chi connectivity index (χ0v) is 13.7. The highest BCUT2D eigenvalue weighted by Gasteiger charge is 2.35. The number of aryl methyl sites for hydroxylation is 2. The number of carbonyl (C=O) groups is 3. The summed E-state index contributed by atoms with van der Waals surface area (Å²) in [5, 5.41) is 10.8. The predicted molar refractivity (Wildman–Crippen MR) is 95.9 cm³/mol. The summed E-state index contributed by atoms with van der Waals surface area (Å²) in [6, 6.07) is 13.3. The highest BCUT2D eigenvalue weighted by Crippen LogP contribution is 2.39. The van der Waals surface area contributed by atoms with E-state index in [0.29, 0.717) is 16.8 Å². The van der Waals surface area contributed by atoms with Crippen LogP contribution in [0.5, 0.6) is 0 Å². The summed E-state index contributed by atoms with van der Waals surface area (Å²) in [5.74, 6) is -1.80. The molecule has 0 saturated carbocycles. The van der Waals surface area contributed by atoms with E-state index >= 15 is 0 Å². The average molecular weight is 343 g/mol. The van der Waals surface area contributed by atoms with Crippen LogP contribution >= 0.6 is 0 Å². The second kappa shape index (κ2) is 5.02. The Kier molecular flexibility index (Phi) is 2.86. The molecule has 2 aliphatic rings. The molecule has 0 fully saturated rings. The molecule has 1 N–H and O–H groups in total. The first kappa shape index (κ1) is 14.8. The quantitative estimate of drug-likeness (QED) is 0.723. The van der Waals surface area contributed by atoms with E-state index in [-0.39, 0.29) is 17.4 Å². The van der Waals surface area contributed by atoms with Crippen molar-refractivity contribution in [1.29, 1.82) is 0 Å². The summed E-state index contributed by atoms with van der Waals surface area (Å²) in [7, 11) is 0. The molecule has 1 aliphatic heterocycles. The maximum Gasteiger partial charge on any atom is 0.335 e. The Bertz CT molecular complexity index is 1090. The summed E-state index contributed by atoms with van der Waals surface area (Å²) in [6.45, 7) is 0. The van der Waals surface area contributed by atoms with Gasteiger partial charge in [-0.25, -0.2) is 9.69 Å². The summed E-state index contributed by atoms with van der Waals surface area (Å²) in [6.07, 6.45) is 1.86. The minimum Gasteiger partial charge on any atom is -0.478 e. The molecule has 2 amide bonds. The minimum atomic E-state index is -1.05. The number of anilines is 1. The van der Waals surface area contributed by atoms with Crippen LogP contribution in [0.15, 0.2) is 48.5 Å². The summed E-state index contributed by atoms with van der Waals surface area (Å²) in [4.78, 5) is 38.3. The van der Waals surface area contributed by atoms with Crippen LogP contribution in [-0.2, 0) is 12.8 Å². The largest absolute Gasteiger partial charge is 0.478 e. The van der Waals surface area contributed by atoms with Gasteiger partial charge in [0.1, 0.15) is 0 Å². The van der Waals surface area contributed by atoms with Crippen LogP contribution in [0.25, 0.3) is 10.8 Å². The van der Waals surface area contributed by atoms with E-state index in [2.05, 4.69) is 0 Å². The van der Waals surface area contributed by atoms with Gasteiger partial charge in [-0.1, -0.05) is 12.1 Å². The second-order valence-electron chi connectivity index (χ2n) is 6.59. The van der Waals surface area contributed by atoms with E-state index in [9.17, 15) is 14.4 Å². The molecular weight excluding hydrogens is 330 g/mol. The lowest BCUT2D eigenvalue weighted by atomic mass is 9.91. The number of benzene rings is 3. The number of nitrogens with zero attached hydrogens (tertiary/aromatic N) is 1. The van der Waals surface area contributed by atoms with E-state index < -0.39 is 5.97 Å². The third-order valence-electron chi connectivity index (χ3n) is 5.24. The summed E-state index contributed by atoms with van der Waals surface area (Å²) < 4.78 is 0. The Morgan fingerprint density at radius 1 is 0.769 bits per heavy atom. The van der Waals surface area contributed by atoms with Crippen LogP contribution in [0.2, 0.25) is 0 Å². The Hall–Kier alpha value is -3.47. The fraction of sp³-hybridized carbons (Fsp3) is 0.0952. The van der Waals surface area contributed by atoms with Crippen molar-refractivity contribution in [2.45, 2.75) is 12.8 Å². The first-order valence-corrected chi connectivity index (χ1v) is 8.36. The number of aromatic carboxylic acids is 1. The van der Waals surface area contributed by atoms with Gasteiger partial charge in [0.25, 0.3) is 11.8 Å². The molecule has 1 heterocycles. The lowest BCUT2D eigenvalue weighted by Gasteiger charge is -2.27. The molecule has 0 saturated heterocycles. The maximum atomic E-state index is 13.1. The number of imide groups is 1. The van der Waals surface area contributed by atoms with Gasteiger partial charge in [-0.15, -0.1) is 0 Å². The van der Waals surface area contributed by atoms with Crippen molar-refractivity contribution in [3.63, 3.8) is 0 Å². The third kappa shape index (κ3) is 1.82. The molecule has 0 bridgehead atoms. The van der Waals surface area contributed by atoms with Gasteiger partial charge in [0.05, 0.1) is 11.3 Å². The highest BCUT2D eigenvalue weighted by atomic mass is 16.4. The fourth-order valence-electron chi connectivity index (χ4n) is 4.01. The highest BCUT2D eigenvalue weighted by molar-refractivity contribution is 6.36. The molecule has 126 valence electrons. The number of carboxylic acids is 1. The molecule has 5 nitrogen and oxygen atoms in total. The van der Waals surface area contributed by atoms with Gasteiger partial charge >= 0.3 is 5.97 Å². The van der Waals surface area contributed by atoms with Crippen LogP contribution in [0, 0.1) is 0 Å². The van der Waals surface area contributed by atoms with Crippen LogP contribution < -0.4 is 4.90 Å². The molecule has 0 unspecified atom stereocenters. The van der Waals surface area contributed by atoms with Crippen LogP contribution in [0.3, 0.4) is 0 Å². The average Bonchev–Trinajstić information content (AvgIpc) is 3.07. The standard InChI is InChI=1S/C21H13NO4/c23-19-15-9-5-11-1-2-12-6-10-16(18(15)17(11)12)20(24)22(19)14-7-3-13(4-8-14)21(25)26/h3-10H,1-2H2,(H,25,26). The normalized spacial score (nSPS) is 15.0. The minimum absolute atomic E-state index is 0.105. The van der Waals surface area contributed by atoms with Crippen molar-refractivity contribution >= 4 is 34.2 Å². The number of rotatable bonds is 2. The third-order valence-corrected chi connectivity index (χ3v) is 5.24. The van der Waals surface area contributed by atoms with Crippen LogP contribution in [0.1, 0.15) is 42.2 Å². The van der Waals surface area contributed by atoms with Gasteiger partial charge in [0.2, 0.25) is 0 Å². The molecular formula is C21H13NO4. The Balaban J connectivity index is 1.71. The molecule has 5 heteroatoms. The van der Waals surface area contributed by atoms with Gasteiger partial charge in [0.15, 0.2) is 0 Å². The van der Waals surface area contributed by atoms with Gasteiger partial charge in [-0.2, -0.15) is 0 Å². The Morgan fingerprint density at radius 3 is 1.81 bits per heavy atom. The van der Waals surface area contributed by atoms with Gasteiger partial charge in [0, 0.05) is 16.5 Å². The van der Waals surface area contributed by atoms with Crippen molar-refractivity contribution in [2.75, 3.05) is 4.90 Å². The second-order valence-corrected chi connectivity index (χ2v) is 6.59. The maximum absolute atomic E-state index is 13.1. The zero-order valence-electron chi connectivity index (χ0n) is 13.7. The molecule has 0 atom stereocenters. The van der Waals surface area contributed by atoms with Gasteiger partial charge in [-0.3, -0.25) is 9.59 Å². The molecule has 0 radical (unpaired) electrons. The summed E-state index contributed by atoms with van der Waals surface area (Å²) >= 11 is 0. The number of carboxylic acid groups (broad SMARTS) is 1. The molecule has 26 heavy (non-hydrogen) atoms.